The van der Waals surface area contributed by atoms with Crippen molar-refractivity contribution in [3.8, 4) is 0 Å². The average Bonchev–Trinajstić information content (AvgIpc) is 2.94. The Hall–Kier alpha value is -2.25. The molecule has 6 saturated carbocycles. The lowest BCUT2D eigenvalue weighted by Gasteiger charge is -2.57. The van der Waals surface area contributed by atoms with Crippen LogP contribution in [0.4, 0.5) is 31.1 Å². The highest BCUT2D eigenvalue weighted by atomic mass is 19.4. The molecule has 7 rings (SSSR count). The summed E-state index contributed by atoms with van der Waals surface area (Å²) in [6.45, 7) is 4.52. The Balaban J connectivity index is 1.13. The van der Waals surface area contributed by atoms with E-state index in [1.54, 1.807) is 4.90 Å². The minimum Gasteiger partial charge on any atom is -0.481 e. The molecule has 1 saturated heterocycles. The maximum absolute atomic E-state index is 13.8. The Morgan fingerprint density at radius 3 is 1.91 bits per heavy atom. The van der Waals surface area contributed by atoms with Crippen molar-refractivity contribution in [1.29, 1.82) is 0 Å². The number of hydrogen-bond donors (Lipinski definition) is 1. The topological polar surface area (TPSA) is 102 Å². The number of esters is 1. The molecule has 0 aromatic heterocycles. The number of likely N-dealkylation sites (tertiary alicyclic amines) is 1. The number of carboxylic acids is 1. The Bertz CT molecular complexity index is 1160. The van der Waals surface area contributed by atoms with Gasteiger partial charge in [0.2, 0.25) is 6.29 Å². The first-order valence-corrected chi connectivity index (χ1v) is 17.1. The van der Waals surface area contributed by atoms with Gasteiger partial charge in [0.15, 0.2) is 0 Å². The first-order chi connectivity index (χ1) is 21.9. The summed E-state index contributed by atoms with van der Waals surface area (Å²) in [5, 5.41) is 8.94. The lowest BCUT2D eigenvalue weighted by Crippen LogP contribution is -2.62. The molecule has 14 heteroatoms. The normalized spacial score (nSPS) is 37.3. The minimum atomic E-state index is -6.19. The van der Waals surface area contributed by atoms with Gasteiger partial charge in [-0.05, 0) is 106 Å². The number of alkyl halides is 6. The van der Waals surface area contributed by atoms with Crippen LogP contribution in [0, 0.1) is 53.3 Å². The molecule has 8 nitrogen and oxygen atoms in total. The quantitative estimate of drug-likeness (QED) is 0.162. The molecule has 7 fully saturated rings. The van der Waals surface area contributed by atoms with E-state index in [4.69, 9.17) is 14.6 Å². The van der Waals surface area contributed by atoms with E-state index in [9.17, 15) is 40.7 Å². The highest BCUT2D eigenvalue weighted by Gasteiger charge is 2.75. The zero-order chi connectivity index (χ0) is 34.1. The van der Waals surface area contributed by atoms with Crippen LogP contribution in [-0.4, -0.2) is 71.0 Å². The molecule has 1 amide bonds. The Labute approximate surface area is 270 Å². The second kappa shape index (κ2) is 12.3. The fourth-order valence-corrected chi connectivity index (χ4v) is 10.7. The van der Waals surface area contributed by atoms with Crippen molar-refractivity contribution in [3.05, 3.63) is 0 Å². The molecule has 0 radical (unpaired) electrons. The molecule has 0 aromatic rings. The second-order valence-corrected chi connectivity index (χ2v) is 15.8. The second-order valence-electron chi connectivity index (χ2n) is 15.8. The molecule has 0 spiro atoms. The lowest BCUT2D eigenvalue weighted by molar-refractivity contribution is -0.371. The molecular weight excluding hydrogens is 636 g/mol. The molecule has 266 valence electrons. The standard InChI is InChI=1S/C33H45F6NO7/c1-17(2)28(47-30-11-18-8-19(12-30)10-20(9-18)13-30)45-29(44)40-15-21-4-3-5-23-24(7-6-22(16-40)26(21)23)27(43)46-31(14-25(41)42,32(34,35)36)33(37,38)39/h17-24,26,28H,3-16H2,1-2H3,(H,41,42). The predicted molar refractivity (Wildman–Crippen MR) is 152 cm³/mol. The minimum absolute atomic E-state index is 0.0249. The molecule has 6 unspecified atom stereocenters. The SMILES string of the molecule is CC(C)C(OC(=O)N1CC2CCCC3C(C(=O)OC(CC(=O)O)(C(F)(F)F)C(F)(F)F)CCC(C1)C23)OC12CC3CC(CC(C3)C1)C2. The molecule has 4 bridgehead atoms. The molecule has 0 aromatic carbocycles. The number of halogens is 6. The predicted octanol–water partition coefficient (Wildman–Crippen LogP) is 7.35. The van der Waals surface area contributed by atoms with Crippen LogP contribution < -0.4 is 0 Å². The van der Waals surface area contributed by atoms with E-state index in [-0.39, 0.29) is 35.7 Å². The van der Waals surface area contributed by atoms with Gasteiger partial charge < -0.3 is 24.2 Å². The van der Waals surface area contributed by atoms with Gasteiger partial charge in [-0.2, -0.15) is 26.3 Å². The van der Waals surface area contributed by atoms with Crippen molar-refractivity contribution in [2.45, 2.75) is 121 Å². The Kier molecular flexibility index (Phi) is 9.03. The first-order valence-electron chi connectivity index (χ1n) is 17.1. The maximum Gasteiger partial charge on any atom is 0.438 e. The summed E-state index contributed by atoms with van der Waals surface area (Å²) in [7, 11) is 0. The van der Waals surface area contributed by atoms with Crippen molar-refractivity contribution in [2.75, 3.05) is 13.1 Å². The molecule has 1 N–H and O–H groups in total. The van der Waals surface area contributed by atoms with E-state index in [0.29, 0.717) is 56.5 Å². The molecule has 7 aliphatic rings. The highest BCUT2D eigenvalue weighted by Crippen LogP contribution is 2.58. The Morgan fingerprint density at radius 2 is 1.40 bits per heavy atom. The number of carbonyl (C=O) groups is 3. The summed E-state index contributed by atoms with van der Waals surface area (Å²) >= 11 is 0. The van der Waals surface area contributed by atoms with Crippen LogP contribution >= 0.6 is 0 Å². The molecule has 1 aliphatic heterocycles. The molecule has 6 aliphatic carbocycles. The van der Waals surface area contributed by atoms with E-state index < -0.39 is 60.5 Å². The fraction of sp³-hybridized carbons (Fsp3) is 0.909. The van der Waals surface area contributed by atoms with Crippen molar-refractivity contribution >= 4 is 18.0 Å². The number of rotatable bonds is 8. The lowest BCUT2D eigenvalue weighted by atomic mass is 9.54. The molecule has 47 heavy (non-hydrogen) atoms. The van der Waals surface area contributed by atoms with Gasteiger partial charge in [-0.15, -0.1) is 0 Å². The third-order valence-electron chi connectivity index (χ3n) is 12.2. The van der Waals surface area contributed by atoms with Crippen molar-refractivity contribution < 1.29 is 60.0 Å². The van der Waals surface area contributed by atoms with Crippen molar-refractivity contribution in [2.24, 2.45) is 53.3 Å². The van der Waals surface area contributed by atoms with E-state index in [1.165, 1.54) is 19.3 Å². The van der Waals surface area contributed by atoms with Crippen LogP contribution in [-0.2, 0) is 23.8 Å². The number of piperidine rings is 1. The highest BCUT2D eigenvalue weighted by molar-refractivity contribution is 5.75. The molecular formula is C33H45F6NO7. The smallest absolute Gasteiger partial charge is 0.438 e. The average molecular weight is 682 g/mol. The van der Waals surface area contributed by atoms with Gasteiger partial charge >= 0.3 is 36.0 Å². The van der Waals surface area contributed by atoms with Crippen molar-refractivity contribution in [1.82, 2.24) is 4.90 Å². The van der Waals surface area contributed by atoms with Gasteiger partial charge in [-0.3, -0.25) is 9.59 Å². The summed E-state index contributed by atoms with van der Waals surface area (Å²) in [5.41, 5.74) is -5.41. The Morgan fingerprint density at radius 1 is 0.851 bits per heavy atom. The van der Waals surface area contributed by atoms with Gasteiger partial charge in [0.1, 0.15) is 6.42 Å². The van der Waals surface area contributed by atoms with Gasteiger partial charge in [-0.25, -0.2) is 4.79 Å². The number of ether oxygens (including phenoxy) is 3. The van der Waals surface area contributed by atoms with Gasteiger partial charge in [0, 0.05) is 19.0 Å². The van der Waals surface area contributed by atoms with E-state index in [2.05, 4.69) is 4.74 Å². The summed E-state index contributed by atoms with van der Waals surface area (Å²) < 4.78 is 100.0. The molecule has 6 atom stereocenters. The van der Waals surface area contributed by atoms with Crippen LogP contribution in [0.2, 0.25) is 0 Å². The zero-order valence-corrected chi connectivity index (χ0v) is 26.8. The third-order valence-corrected chi connectivity index (χ3v) is 12.2. The summed E-state index contributed by atoms with van der Waals surface area (Å²) in [6.07, 6.45) is -7.39. The largest absolute Gasteiger partial charge is 0.481 e. The summed E-state index contributed by atoms with van der Waals surface area (Å²) in [4.78, 5) is 39.6. The fourth-order valence-electron chi connectivity index (χ4n) is 10.7. The monoisotopic (exact) mass is 681 g/mol. The van der Waals surface area contributed by atoms with Crippen LogP contribution in [0.25, 0.3) is 0 Å². The number of nitrogens with zero attached hydrogens (tertiary/aromatic N) is 1. The summed E-state index contributed by atoms with van der Waals surface area (Å²) in [6, 6.07) is 0. The summed E-state index contributed by atoms with van der Waals surface area (Å²) in [5.74, 6) is -4.38. The van der Waals surface area contributed by atoms with Crippen LogP contribution in [0.15, 0.2) is 0 Å². The third kappa shape index (κ3) is 6.45. The number of carbonyl (C=O) groups excluding carboxylic acids is 2. The van der Waals surface area contributed by atoms with Crippen LogP contribution in [0.3, 0.4) is 0 Å². The van der Waals surface area contributed by atoms with E-state index in [0.717, 1.165) is 19.3 Å². The first kappa shape index (κ1) is 34.6. The van der Waals surface area contributed by atoms with Crippen molar-refractivity contribution in [3.63, 3.8) is 0 Å². The van der Waals surface area contributed by atoms with E-state index in [1.807, 2.05) is 13.8 Å². The number of carboxylic acid groups (broad SMARTS) is 1. The van der Waals surface area contributed by atoms with E-state index >= 15 is 0 Å². The van der Waals surface area contributed by atoms with Crippen LogP contribution in [0.5, 0.6) is 0 Å². The zero-order valence-electron chi connectivity index (χ0n) is 26.8. The number of hydrogen-bond acceptors (Lipinski definition) is 6. The van der Waals surface area contributed by atoms with Gasteiger partial charge in [0.05, 0.1) is 11.5 Å². The molecule has 1 heterocycles. The maximum atomic E-state index is 13.8. The van der Waals surface area contributed by atoms with Gasteiger partial charge in [0.25, 0.3) is 0 Å². The number of aliphatic carboxylic acids is 1. The number of amides is 1. The van der Waals surface area contributed by atoms with Gasteiger partial charge in [-0.1, -0.05) is 20.3 Å². The van der Waals surface area contributed by atoms with Crippen LogP contribution in [0.1, 0.15) is 90.9 Å².